The quantitative estimate of drug-likeness (QED) is 0.883. The molecular formula is C14H22N2O4S2. The van der Waals surface area contributed by atoms with Crippen LogP contribution in [0.5, 0.6) is 0 Å². The molecule has 0 saturated carbocycles. The van der Waals surface area contributed by atoms with E-state index in [-0.39, 0.29) is 17.4 Å². The summed E-state index contributed by atoms with van der Waals surface area (Å²) in [5.74, 6) is 0.175. The number of anilines is 2. The van der Waals surface area contributed by atoms with Crippen LogP contribution in [0.15, 0.2) is 18.2 Å². The van der Waals surface area contributed by atoms with Gasteiger partial charge in [-0.05, 0) is 37.0 Å². The van der Waals surface area contributed by atoms with Crippen LogP contribution in [-0.2, 0) is 20.0 Å². The fourth-order valence-electron chi connectivity index (χ4n) is 2.45. The van der Waals surface area contributed by atoms with Crippen LogP contribution in [0, 0.1) is 12.8 Å². The van der Waals surface area contributed by atoms with Gasteiger partial charge in [0, 0.05) is 6.54 Å². The molecule has 0 spiro atoms. The zero-order valence-corrected chi connectivity index (χ0v) is 14.7. The van der Waals surface area contributed by atoms with Gasteiger partial charge in [0.05, 0.1) is 22.9 Å². The SMILES string of the molecule is Cc1ccc(N2CCCS2(=O)=O)cc1NS(=O)(=O)CC(C)C. The number of benzene rings is 1. The van der Waals surface area contributed by atoms with Crippen molar-refractivity contribution in [3.63, 3.8) is 0 Å². The summed E-state index contributed by atoms with van der Waals surface area (Å²) in [5, 5.41) is 0. The van der Waals surface area contributed by atoms with Gasteiger partial charge in [0.2, 0.25) is 20.0 Å². The molecular weight excluding hydrogens is 324 g/mol. The van der Waals surface area contributed by atoms with Crippen molar-refractivity contribution >= 4 is 31.4 Å². The highest BCUT2D eigenvalue weighted by Gasteiger charge is 2.28. The zero-order chi connectivity index (χ0) is 16.5. The maximum atomic E-state index is 12.1. The Kier molecular flexibility index (Phi) is 4.72. The summed E-state index contributed by atoms with van der Waals surface area (Å²) in [7, 11) is -6.72. The first-order chi connectivity index (χ1) is 10.1. The topological polar surface area (TPSA) is 83.6 Å². The molecule has 1 fully saturated rings. The van der Waals surface area contributed by atoms with Crippen LogP contribution in [0.2, 0.25) is 0 Å². The number of sulfonamides is 2. The summed E-state index contributed by atoms with van der Waals surface area (Å²) in [5.41, 5.74) is 1.69. The first-order valence-corrected chi connectivity index (χ1v) is 10.5. The minimum Gasteiger partial charge on any atom is -0.283 e. The fraction of sp³-hybridized carbons (Fsp3) is 0.571. The molecule has 0 radical (unpaired) electrons. The van der Waals surface area contributed by atoms with Crippen LogP contribution in [0.3, 0.4) is 0 Å². The Balaban J connectivity index is 2.32. The van der Waals surface area contributed by atoms with E-state index >= 15 is 0 Å². The van der Waals surface area contributed by atoms with Gasteiger partial charge >= 0.3 is 0 Å². The van der Waals surface area contributed by atoms with Crippen LogP contribution in [0.1, 0.15) is 25.8 Å². The lowest BCUT2D eigenvalue weighted by atomic mass is 10.2. The Labute approximate surface area is 132 Å². The van der Waals surface area contributed by atoms with Gasteiger partial charge in [-0.25, -0.2) is 16.8 Å². The second-order valence-corrected chi connectivity index (χ2v) is 9.80. The lowest BCUT2D eigenvalue weighted by Gasteiger charge is -2.19. The molecule has 124 valence electrons. The van der Waals surface area contributed by atoms with Crippen molar-refractivity contribution in [2.24, 2.45) is 5.92 Å². The highest BCUT2D eigenvalue weighted by molar-refractivity contribution is 7.93. The Morgan fingerprint density at radius 2 is 2.00 bits per heavy atom. The first kappa shape index (κ1) is 17.1. The Morgan fingerprint density at radius 1 is 1.32 bits per heavy atom. The third-order valence-electron chi connectivity index (χ3n) is 3.43. The molecule has 0 atom stereocenters. The van der Waals surface area contributed by atoms with E-state index in [1.165, 1.54) is 4.31 Å². The van der Waals surface area contributed by atoms with E-state index in [1.807, 2.05) is 13.8 Å². The Hall–Kier alpha value is -1.28. The van der Waals surface area contributed by atoms with Crippen LogP contribution < -0.4 is 9.03 Å². The zero-order valence-electron chi connectivity index (χ0n) is 13.0. The number of aryl methyl sites for hydroxylation is 1. The van der Waals surface area contributed by atoms with E-state index in [0.717, 1.165) is 5.56 Å². The third kappa shape index (κ3) is 3.92. The standard InChI is InChI=1S/C14H22N2O4S2/c1-11(2)10-21(17,18)15-14-9-13(6-5-12(14)3)16-7-4-8-22(16,19)20/h5-6,9,11,15H,4,7-8,10H2,1-3H3. The monoisotopic (exact) mass is 346 g/mol. The van der Waals surface area contributed by atoms with Gasteiger partial charge in [0.15, 0.2) is 0 Å². The Morgan fingerprint density at radius 3 is 2.55 bits per heavy atom. The molecule has 1 N–H and O–H groups in total. The molecule has 1 aromatic carbocycles. The second-order valence-electron chi connectivity index (χ2n) is 6.02. The maximum absolute atomic E-state index is 12.1. The normalized spacial score (nSPS) is 17.9. The minimum absolute atomic E-state index is 0.0138. The average molecular weight is 346 g/mol. The van der Waals surface area contributed by atoms with Crippen molar-refractivity contribution in [3.05, 3.63) is 23.8 Å². The van der Waals surface area contributed by atoms with Crippen LogP contribution >= 0.6 is 0 Å². The molecule has 22 heavy (non-hydrogen) atoms. The predicted octanol–water partition coefficient (Wildman–Crippen LogP) is 1.93. The van der Waals surface area contributed by atoms with Gasteiger partial charge in [-0.1, -0.05) is 19.9 Å². The van der Waals surface area contributed by atoms with Gasteiger partial charge in [-0.2, -0.15) is 0 Å². The molecule has 0 amide bonds. The smallest absolute Gasteiger partial charge is 0.235 e. The lowest BCUT2D eigenvalue weighted by Crippen LogP contribution is -2.25. The number of nitrogens with one attached hydrogen (secondary N) is 1. The fourth-order valence-corrected chi connectivity index (χ4v) is 5.52. The summed E-state index contributed by atoms with van der Waals surface area (Å²) in [6.07, 6.45) is 0.588. The van der Waals surface area contributed by atoms with Gasteiger partial charge in [-0.3, -0.25) is 9.03 Å². The lowest BCUT2D eigenvalue weighted by molar-refractivity contribution is 0.587. The molecule has 1 heterocycles. The molecule has 1 aromatic rings. The van der Waals surface area contributed by atoms with E-state index in [2.05, 4.69) is 4.72 Å². The van der Waals surface area contributed by atoms with Gasteiger partial charge in [0.1, 0.15) is 0 Å². The summed E-state index contributed by atoms with van der Waals surface area (Å²) >= 11 is 0. The molecule has 1 aliphatic heterocycles. The molecule has 0 aliphatic carbocycles. The maximum Gasteiger partial charge on any atom is 0.235 e. The molecule has 8 heteroatoms. The summed E-state index contributed by atoms with van der Waals surface area (Å²) in [4.78, 5) is 0. The molecule has 0 aromatic heterocycles. The average Bonchev–Trinajstić information content (AvgIpc) is 2.70. The van der Waals surface area contributed by atoms with Crippen LogP contribution in [-0.4, -0.2) is 34.9 Å². The number of nitrogens with zero attached hydrogens (tertiary/aromatic N) is 1. The van der Waals surface area contributed by atoms with E-state index in [0.29, 0.717) is 24.3 Å². The molecule has 1 saturated heterocycles. The number of hydrogen-bond donors (Lipinski definition) is 1. The van der Waals surface area contributed by atoms with Crippen molar-refractivity contribution in [2.45, 2.75) is 27.2 Å². The first-order valence-electron chi connectivity index (χ1n) is 7.22. The molecule has 2 rings (SSSR count). The minimum atomic E-state index is -3.44. The highest BCUT2D eigenvalue weighted by atomic mass is 32.2. The summed E-state index contributed by atoms with van der Waals surface area (Å²) < 4.78 is 52.0. The van der Waals surface area contributed by atoms with Crippen LogP contribution in [0.25, 0.3) is 0 Å². The van der Waals surface area contributed by atoms with Crippen LogP contribution in [0.4, 0.5) is 11.4 Å². The van der Waals surface area contributed by atoms with E-state index < -0.39 is 20.0 Å². The van der Waals surface area contributed by atoms with Gasteiger partial charge < -0.3 is 0 Å². The summed E-state index contributed by atoms with van der Waals surface area (Å²) in [6.45, 7) is 5.89. The predicted molar refractivity (Wildman–Crippen MR) is 89.2 cm³/mol. The highest BCUT2D eigenvalue weighted by Crippen LogP contribution is 2.29. The van der Waals surface area contributed by atoms with E-state index in [4.69, 9.17) is 0 Å². The van der Waals surface area contributed by atoms with E-state index in [9.17, 15) is 16.8 Å². The van der Waals surface area contributed by atoms with Gasteiger partial charge in [0.25, 0.3) is 0 Å². The molecule has 0 unspecified atom stereocenters. The Bertz CT molecular complexity index is 755. The van der Waals surface area contributed by atoms with Crippen molar-refractivity contribution in [1.29, 1.82) is 0 Å². The van der Waals surface area contributed by atoms with Crippen molar-refractivity contribution in [2.75, 3.05) is 27.1 Å². The largest absolute Gasteiger partial charge is 0.283 e. The van der Waals surface area contributed by atoms with Crippen molar-refractivity contribution in [1.82, 2.24) is 0 Å². The number of rotatable bonds is 5. The second kappa shape index (κ2) is 6.08. The molecule has 6 nitrogen and oxygen atoms in total. The summed E-state index contributed by atoms with van der Waals surface area (Å²) in [6, 6.07) is 5.03. The molecule has 0 bridgehead atoms. The third-order valence-corrected chi connectivity index (χ3v) is 6.93. The number of hydrogen-bond acceptors (Lipinski definition) is 4. The van der Waals surface area contributed by atoms with Crippen molar-refractivity contribution in [3.8, 4) is 0 Å². The van der Waals surface area contributed by atoms with Crippen molar-refractivity contribution < 1.29 is 16.8 Å². The van der Waals surface area contributed by atoms with Gasteiger partial charge in [-0.15, -0.1) is 0 Å². The molecule has 1 aliphatic rings. The van der Waals surface area contributed by atoms with E-state index in [1.54, 1.807) is 25.1 Å².